The van der Waals surface area contributed by atoms with Gasteiger partial charge in [0, 0.05) is 0 Å². The second-order valence-electron chi connectivity index (χ2n) is 2.84. The average molecular weight is 125 g/mol. The predicted molar refractivity (Wildman–Crippen MR) is 36.8 cm³/mol. The number of hydrogen-bond acceptors (Lipinski definition) is 2. The van der Waals surface area contributed by atoms with Crippen LogP contribution in [0, 0.1) is 5.41 Å². The van der Waals surface area contributed by atoms with Crippen molar-refractivity contribution >= 4 is 12.0 Å². The van der Waals surface area contributed by atoms with Gasteiger partial charge in [-0.05, 0) is 19.6 Å². The Kier molecular flexibility index (Phi) is 1.39. The molecule has 0 bridgehead atoms. The van der Waals surface area contributed by atoms with Gasteiger partial charge in [-0.1, -0.05) is 6.92 Å². The lowest BCUT2D eigenvalue weighted by Gasteiger charge is -2.16. The molecule has 9 heavy (non-hydrogen) atoms. The molecule has 0 aromatic heterocycles. The highest BCUT2D eigenvalue weighted by Crippen LogP contribution is 2.25. The van der Waals surface area contributed by atoms with Gasteiger partial charge in [-0.15, -0.1) is 0 Å². The van der Waals surface area contributed by atoms with Crippen LogP contribution in [0.5, 0.6) is 0 Å². The zero-order valence-corrected chi connectivity index (χ0v) is 5.85. The highest BCUT2D eigenvalue weighted by molar-refractivity contribution is 5.86. The highest BCUT2D eigenvalue weighted by atomic mass is 16.1. The van der Waals surface area contributed by atoms with Crippen molar-refractivity contribution < 1.29 is 4.79 Å². The van der Waals surface area contributed by atoms with Crippen LogP contribution in [0.4, 0.5) is 0 Å². The number of aliphatic imine (C=N–C) groups is 1. The molecule has 1 atom stereocenters. The smallest absolute Gasteiger partial charge is 0.137 e. The third-order valence-corrected chi connectivity index (χ3v) is 1.96. The highest BCUT2D eigenvalue weighted by Gasteiger charge is 2.31. The standard InChI is InChI=1S/C7H11NO/c1-6(9)7(2)3-4-8-5-7/h4H,3,5H2,1-2H3. The van der Waals surface area contributed by atoms with Crippen molar-refractivity contribution in [2.45, 2.75) is 20.3 Å². The monoisotopic (exact) mass is 125 g/mol. The van der Waals surface area contributed by atoms with Crippen LogP contribution in [0.2, 0.25) is 0 Å². The van der Waals surface area contributed by atoms with E-state index in [1.807, 2.05) is 13.1 Å². The molecule has 0 aliphatic carbocycles. The van der Waals surface area contributed by atoms with Gasteiger partial charge in [0.2, 0.25) is 0 Å². The zero-order valence-electron chi connectivity index (χ0n) is 5.85. The van der Waals surface area contributed by atoms with E-state index in [-0.39, 0.29) is 11.2 Å². The minimum atomic E-state index is -0.167. The molecule has 0 aromatic carbocycles. The number of nitrogens with zero attached hydrogens (tertiary/aromatic N) is 1. The summed E-state index contributed by atoms with van der Waals surface area (Å²) in [5, 5.41) is 0. The van der Waals surface area contributed by atoms with Crippen molar-refractivity contribution in [1.29, 1.82) is 0 Å². The van der Waals surface area contributed by atoms with Gasteiger partial charge in [0.05, 0.1) is 12.0 Å². The summed E-state index contributed by atoms with van der Waals surface area (Å²) in [6.45, 7) is 4.28. The van der Waals surface area contributed by atoms with Crippen LogP contribution in [0.3, 0.4) is 0 Å². The van der Waals surface area contributed by atoms with E-state index in [4.69, 9.17) is 0 Å². The molecule has 2 nitrogen and oxygen atoms in total. The van der Waals surface area contributed by atoms with Gasteiger partial charge in [0.1, 0.15) is 5.78 Å². The molecule has 0 spiro atoms. The van der Waals surface area contributed by atoms with Gasteiger partial charge in [-0.3, -0.25) is 9.79 Å². The normalized spacial score (nSPS) is 33.1. The minimum Gasteiger partial charge on any atom is -0.299 e. The molecule has 0 saturated carbocycles. The SMILES string of the molecule is CC(=O)C1(C)CC=NC1. The summed E-state index contributed by atoms with van der Waals surface area (Å²) in [7, 11) is 0. The summed E-state index contributed by atoms with van der Waals surface area (Å²) < 4.78 is 0. The van der Waals surface area contributed by atoms with E-state index in [1.165, 1.54) is 0 Å². The van der Waals surface area contributed by atoms with Gasteiger partial charge >= 0.3 is 0 Å². The van der Waals surface area contributed by atoms with Crippen molar-refractivity contribution in [2.24, 2.45) is 10.4 Å². The maximum absolute atomic E-state index is 10.9. The summed E-state index contributed by atoms with van der Waals surface area (Å²) in [5.74, 6) is 0.250. The predicted octanol–water partition coefficient (Wildman–Crippen LogP) is 1.06. The Labute approximate surface area is 55.0 Å². The van der Waals surface area contributed by atoms with E-state index < -0.39 is 0 Å². The lowest BCUT2D eigenvalue weighted by Crippen LogP contribution is -2.25. The van der Waals surface area contributed by atoms with Crippen LogP contribution in [-0.4, -0.2) is 18.5 Å². The Morgan fingerprint density at radius 1 is 1.78 bits per heavy atom. The lowest BCUT2D eigenvalue weighted by molar-refractivity contribution is -0.124. The van der Waals surface area contributed by atoms with Crippen molar-refractivity contribution in [1.82, 2.24) is 0 Å². The van der Waals surface area contributed by atoms with Crippen LogP contribution in [0.25, 0.3) is 0 Å². The molecular weight excluding hydrogens is 114 g/mol. The van der Waals surface area contributed by atoms with Crippen LogP contribution in [-0.2, 0) is 4.79 Å². The molecule has 0 radical (unpaired) electrons. The average Bonchev–Trinajstić information content (AvgIpc) is 2.16. The molecule has 50 valence electrons. The van der Waals surface area contributed by atoms with Crippen molar-refractivity contribution in [3.8, 4) is 0 Å². The van der Waals surface area contributed by atoms with Crippen molar-refractivity contribution in [2.75, 3.05) is 6.54 Å². The second-order valence-corrected chi connectivity index (χ2v) is 2.84. The summed E-state index contributed by atoms with van der Waals surface area (Å²) in [6.07, 6.45) is 2.66. The molecular formula is C7H11NO. The first kappa shape index (κ1) is 6.46. The van der Waals surface area contributed by atoms with Crippen LogP contribution >= 0.6 is 0 Å². The van der Waals surface area contributed by atoms with Crippen molar-refractivity contribution in [3.05, 3.63) is 0 Å². The Hall–Kier alpha value is -0.660. The van der Waals surface area contributed by atoms with E-state index >= 15 is 0 Å². The quantitative estimate of drug-likeness (QED) is 0.515. The number of rotatable bonds is 1. The van der Waals surface area contributed by atoms with Gasteiger partial charge in [-0.25, -0.2) is 0 Å². The molecule has 1 aliphatic heterocycles. The van der Waals surface area contributed by atoms with Crippen LogP contribution in [0.1, 0.15) is 20.3 Å². The number of Topliss-reactive ketones (excluding diaryl/α,β-unsaturated/α-hetero) is 1. The fourth-order valence-corrected chi connectivity index (χ4v) is 0.852. The van der Waals surface area contributed by atoms with E-state index in [1.54, 1.807) is 6.92 Å². The maximum Gasteiger partial charge on any atom is 0.137 e. The third-order valence-electron chi connectivity index (χ3n) is 1.96. The Morgan fingerprint density at radius 2 is 2.44 bits per heavy atom. The fourth-order valence-electron chi connectivity index (χ4n) is 0.852. The van der Waals surface area contributed by atoms with E-state index in [0.29, 0.717) is 6.54 Å². The molecule has 0 aromatic rings. The number of hydrogen-bond donors (Lipinski definition) is 0. The Balaban J connectivity index is 2.66. The molecule has 1 aliphatic rings. The van der Waals surface area contributed by atoms with Crippen LogP contribution in [0.15, 0.2) is 4.99 Å². The van der Waals surface area contributed by atoms with E-state index in [2.05, 4.69) is 4.99 Å². The number of ketones is 1. The molecule has 0 N–H and O–H groups in total. The largest absolute Gasteiger partial charge is 0.299 e. The van der Waals surface area contributed by atoms with Crippen LogP contribution < -0.4 is 0 Å². The Bertz CT molecular complexity index is 152. The molecule has 1 unspecified atom stereocenters. The molecule has 2 heteroatoms. The zero-order chi connectivity index (χ0) is 6.91. The third kappa shape index (κ3) is 1.02. The summed E-state index contributed by atoms with van der Waals surface area (Å²) in [4.78, 5) is 14.9. The van der Waals surface area contributed by atoms with Gasteiger partial charge < -0.3 is 0 Å². The molecule has 1 heterocycles. The first-order chi connectivity index (χ1) is 4.15. The Morgan fingerprint density at radius 3 is 2.67 bits per heavy atom. The van der Waals surface area contributed by atoms with Crippen molar-refractivity contribution in [3.63, 3.8) is 0 Å². The lowest BCUT2D eigenvalue weighted by atomic mass is 9.85. The van der Waals surface area contributed by atoms with E-state index in [0.717, 1.165) is 6.42 Å². The summed E-state index contributed by atoms with van der Waals surface area (Å²) in [6, 6.07) is 0. The molecule has 0 fully saturated rings. The van der Waals surface area contributed by atoms with Gasteiger partial charge in [-0.2, -0.15) is 0 Å². The topological polar surface area (TPSA) is 29.4 Å². The second kappa shape index (κ2) is 1.94. The summed E-state index contributed by atoms with van der Waals surface area (Å²) in [5.41, 5.74) is -0.167. The first-order valence-electron chi connectivity index (χ1n) is 3.14. The molecule has 0 amide bonds. The minimum absolute atomic E-state index is 0.167. The van der Waals surface area contributed by atoms with Gasteiger partial charge in [0.25, 0.3) is 0 Å². The molecule has 1 rings (SSSR count). The van der Waals surface area contributed by atoms with Gasteiger partial charge in [0.15, 0.2) is 0 Å². The summed E-state index contributed by atoms with van der Waals surface area (Å²) >= 11 is 0. The molecule has 0 saturated heterocycles. The van der Waals surface area contributed by atoms with E-state index in [9.17, 15) is 4.79 Å². The fraction of sp³-hybridized carbons (Fsp3) is 0.714. The maximum atomic E-state index is 10.9. The number of carbonyl (C=O) groups excluding carboxylic acids is 1. The number of carbonyl (C=O) groups is 1. The first-order valence-corrected chi connectivity index (χ1v) is 3.14.